The SMILES string of the molecule is O=C(OC(c1ccccc1)c1cccc(F)c1)OC1CN2CCC1CC2. The molecule has 0 aromatic heterocycles. The molecule has 4 nitrogen and oxygen atoms in total. The molecule has 3 heterocycles. The van der Waals surface area contributed by atoms with E-state index in [-0.39, 0.29) is 11.9 Å². The molecule has 3 aliphatic heterocycles. The van der Waals surface area contributed by atoms with Crippen LogP contribution in [0.3, 0.4) is 0 Å². The third-order valence-electron chi connectivity index (χ3n) is 5.31. The molecular formula is C21H22FNO3. The van der Waals surface area contributed by atoms with Crippen molar-refractivity contribution in [2.24, 2.45) is 5.92 Å². The van der Waals surface area contributed by atoms with E-state index in [1.807, 2.05) is 30.3 Å². The molecule has 5 heteroatoms. The summed E-state index contributed by atoms with van der Waals surface area (Å²) < 4.78 is 25.0. The molecule has 3 aliphatic rings. The van der Waals surface area contributed by atoms with Crippen LogP contribution in [0.15, 0.2) is 54.6 Å². The Balaban J connectivity index is 1.50. The van der Waals surface area contributed by atoms with Crippen LogP contribution in [-0.2, 0) is 9.47 Å². The van der Waals surface area contributed by atoms with Gasteiger partial charge in [-0.1, -0.05) is 42.5 Å². The van der Waals surface area contributed by atoms with Gasteiger partial charge >= 0.3 is 6.16 Å². The molecule has 0 N–H and O–H groups in total. The van der Waals surface area contributed by atoms with Gasteiger partial charge in [0.25, 0.3) is 0 Å². The summed E-state index contributed by atoms with van der Waals surface area (Å²) in [5, 5.41) is 0. The molecule has 0 saturated carbocycles. The van der Waals surface area contributed by atoms with Crippen LogP contribution in [0, 0.1) is 11.7 Å². The zero-order valence-corrected chi connectivity index (χ0v) is 14.5. The quantitative estimate of drug-likeness (QED) is 0.772. The first-order valence-corrected chi connectivity index (χ1v) is 9.09. The van der Waals surface area contributed by atoms with Crippen molar-refractivity contribution < 1.29 is 18.7 Å². The smallest absolute Gasteiger partial charge is 0.429 e. The van der Waals surface area contributed by atoms with E-state index in [9.17, 15) is 9.18 Å². The van der Waals surface area contributed by atoms with Gasteiger partial charge in [-0.15, -0.1) is 0 Å². The first-order valence-electron chi connectivity index (χ1n) is 9.09. The number of carbonyl (C=O) groups is 1. The third-order valence-corrected chi connectivity index (χ3v) is 5.31. The molecule has 2 aromatic carbocycles. The van der Waals surface area contributed by atoms with Gasteiger partial charge in [0, 0.05) is 12.1 Å². The number of rotatable bonds is 4. The Kier molecular flexibility index (Phi) is 4.89. The molecule has 3 saturated heterocycles. The Morgan fingerprint density at radius 3 is 2.42 bits per heavy atom. The molecule has 2 aromatic rings. The number of ether oxygens (including phenoxy) is 2. The highest BCUT2D eigenvalue weighted by molar-refractivity contribution is 5.61. The summed E-state index contributed by atoms with van der Waals surface area (Å²) in [5.74, 6) is 0.0506. The monoisotopic (exact) mass is 355 g/mol. The molecule has 0 aliphatic carbocycles. The van der Waals surface area contributed by atoms with Crippen LogP contribution in [0.1, 0.15) is 30.1 Å². The molecule has 26 heavy (non-hydrogen) atoms. The largest absolute Gasteiger partial charge is 0.509 e. The molecular weight excluding hydrogens is 333 g/mol. The number of hydrogen-bond donors (Lipinski definition) is 0. The minimum absolute atomic E-state index is 0.117. The summed E-state index contributed by atoms with van der Waals surface area (Å²) in [5.41, 5.74) is 1.37. The number of fused-ring (bicyclic) bond motifs is 3. The Morgan fingerprint density at radius 1 is 1.04 bits per heavy atom. The van der Waals surface area contributed by atoms with Gasteiger partial charge in [-0.05, 0) is 49.5 Å². The summed E-state index contributed by atoms with van der Waals surface area (Å²) in [6, 6.07) is 15.5. The maximum atomic E-state index is 13.7. The molecule has 0 spiro atoms. The van der Waals surface area contributed by atoms with Crippen molar-refractivity contribution in [2.45, 2.75) is 25.0 Å². The average Bonchev–Trinajstić information content (AvgIpc) is 2.68. The highest BCUT2D eigenvalue weighted by Crippen LogP contribution is 2.31. The minimum Gasteiger partial charge on any atom is -0.429 e. The van der Waals surface area contributed by atoms with Gasteiger partial charge in [0.05, 0.1) is 0 Å². The molecule has 0 amide bonds. The van der Waals surface area contributed by atoms with Gasteiger partial charge in [0.2, 0.25) is 0 Å². The molecule has 136 valence electrons. The highest BCUT2D eigenvalue weighted by atomic mass is 19.1. The van der Waals surface area contributed by atoms with Crippen LogP contribution in [0.4, 0.5) is 9.18 Å². The topological polar surface area (TPSA) is 38.8 Å². The second kappa shape index (κ2) is 7.46. The predicted octanol–water partition coefficient (Wildman–Crippen LogP) is 4.16. The van der Waals surface area contributed by atoms with Crippen molar-refractivity contribution in [1.82, 2.24) is 4.90 Å². The van der Waals surface area contributed by atoms with Gasteiger partial charge in [-0.2, -0.15) is 0 Å². The number of halogens is 1. The first kappa shape index (κ1) is 17.0. The molecule has 3 fully saturated rings. The van der Waals surface area contributed by atoms with Gasteiger partial charge in [-0.25, -0.2) is 9.18 Å². The fourth-order valence-corrected chi connectivity index (χ4v) is 3.92. The Morgan fingerprint density at radius 2 is 1.77 bits per heavy atom. The fourth-order valence-electron chi connectivity index (χ4n) is 3.92. The lowest BCUT2D eigenvalue weighted by atomic mass is 9.86. The zero-order chi connectivity index (χ0) is 17.9. The predicted molar refractivity (Wildman–Crippen MR) is 95.2 cm³/mol. The zero-order valence-electron chi connectivity index (χ0n) is 14.5. The van der Waals surface area contributed by atoms with Crippen molar-refractivity contribution in [2.75, 3.05) is 19.6 Å². The van der Waals surface area contributed by atoms with Gasteiger partial charge in [0.1, 0.15) is 11.9 Å². The lowest BCUT2D eigenvalue weighted by Crippen LogP contribution is -2.52. The van der Waals surface area contributed by atoms with E-state index in [1.54, 1.807) is 12.1 Å². The van der Waals surface area contributed by atoms with E-state index >= 15 is 0 Å². The summed E-state index contributed by atoms with van der Waals surface area (Å²) in [6.45, 7) is 2.93. The second-order valence-corrected chi connectivity index (χ2v) is 7.01. The maximum absolute atomic E-state index is 13.7. The Labute approximate surface area is 152 Å². The second-order valence-electron chi connectivity index (χ2n) is 7.01. The Bertz CT molecular complexity index is 759. The molecule has 5 rings (SSSR count). The van der Waals surface area contributed by atoms with Gasteiger partial charge in [-0.3, -0.25) is 4.90 Å². The first-order chi connectivity index (χ1) is 12.7. The number of piperidine rings is 3. The summed E-state index contributed by atoms with van der Waals surface area (Å²) in [4.78, 5) is 14.8. The van der Waals surface area contributed by atoms with Gasteiger partial charge in [0.15, 0.2) is 6.10 Å². The molecule has 2 unspecified atom stereocenters. The van der Waals surface area contributed by atoms with E-state index < -0.39 is 12.3 Å². The van der Waals surface area contributed by atoms with E-state index in [0.717, 1.165) is 38.0 Å². The molecule has 0 radical (unpaired) electrons. The minimum atomic E-state index is -0.694. The molecule has 2 bridgehead atoms. The average molecular weight is 355 g/mol. The standard InChI is InChI=1S/C21H22FNO3/c22-18-8-4-7-17(13-18)20(16-5-2-1-3-6-16)26-21(24)25-19-14-23-11-9-15(19)10-12-23/h1-8,13,15,19-20H,9-12,14H2. The van der Waals surface area contributed by atoms with E-state index in [0.29, 0.717) is 11.5 Å². The van der Waals surface area contributed by atoms with Crippen molar-refractivity contribution >= 4 is 6.16 Å². The number of nitrogens with zero attached hydrogens (tertiary/aromatic N) is 1. The van der Waals surface area contributed by atoms with Gasteiger partial charge < -0.3 is 9.47 Å². The summed E-state index contributed by atoms with van der Waals surface area (Å²) in [6.07, 6.45) is 0.616. The van der Waals surface area contributed by atoms with Crippen LogP contribution >= 0.6 is 0 Å². The van der Waals surface area contributed by atoms with E-state index in [2.05, 4.69) is 4.90 Å². The van der Waals surface area contributed by atoms with Crippen molar-refractivity contribution in [3.8, 4) is 0 Å². The number of carbonyl (C=O) groups excluding carboxylic acids is 1. The fraction of sp³-hybridized carbons (Fsp3) is 0.381. The Hall–Kier alpha value is -2.40. The van der Waals surface area contributed by atoms with Crippen LogP contribution in [-0.4, -0.2) is 36.8 Å². The van der Waals surface area contributed by atoms with Crippen LogP contribution in [0.5, 0.6) is 0 Å². The van der Waals surface area contributed by atoms with E-state index in [1.165, 1.54) is 12.1 Å². The van der Waals surface area contributed by atoms with Crippen LogP contribution < -0.4 is 0 Å². The number of benzene rings is 2. The summed E-state index contributed by atoms with van der Waals surface area (Å²) >= 11 is 0. The van der Waals surface area contributed by atoms with Crippen LogP contribution in [0.2, 0.25) is 0 Å². The van der Waals surface area contributed by atoms with Crippen molar-refractivity contribution in [3.05, 3.63) is 71.5 Å². The van der Waals surface area contributed by atoms with Crippen molar-refractivity contribution in [3.63, 3.8) is 0 Å². The summed E-state index contributed by atoms with van der Waals surface area (Å²) in [7, 11) is 0. The number of hydrogen-bond acceptors (Lipinski definition) is 4. The normalized spacial score (nSPS) is 25.5. The lowest BCUT2D eigenvalue weighted by Gasteiger charge is -2.43. The maximum Gasteiger partial charge on any atom is 0.509 e. The van der Waals surface area contributed by atoms with E-state index in [4.69, 9.17) is 9.47 Å². The lowest BCUT2D eigenvalue weighted by molar-refractivity contribution is -0.0642. The third kappa shape index (κ3) is 3.73. The van der Waals surface area contributed by atoms with Crippen molar-refractivity contribution in [1.29, 1.82) is 0 Å². The molecule has 2 atom stereocenters. The highest BCUT2D eigenvalue weighted by Gasteiger charge is 2.37. The van der Waals surface area contributed by atoms with Crippen LogP contribution in [0.25, 0.3) is 0 Å².